The van der Waals surface area contributed by atoms with Crippen molar-refractivity contribution in [3.05, 3.63) is 41.3 Å². The Kier molecular flexibility index (Phi) is 2.80. The Morgan fingerprint density at radius 3 is 2.44 bits per heavy atom. The molecule has 2 aromatic rings. The van der Waals surface area contributed by atoms with Gasteiger partial charge in [0.05, 0.1) is 0 Å². The lowest BCUT2D eigenvalue weighted by atomic mass is 10.2. The molecule has 0 aliphatic rings. The maximum atomic E-state index is 12.8. The summed E-state index contributed by atoms with van der Waals surface area (Å²) in [6, 6.07) is 3.51. The van der Waals surface area contributed by atoms with Gasteiger partial charge in [-0.2, -0.15) is 0 Å². The summed E-state index contributed by atoms with van der Waals surface area (Å²) >= 11 is 0. The predicted octanol–water partition coefficient (Wildman–Crippen LogP) is 2.27. The number of hydrogen-bond acceptors (Lipinski definition) is 4. The van der Waals surface area contributed by atoms with Crippen LogP contribution in [0.3, 0.4) is 0 Å². The molecule has 0 unspecified atom stereocenters. The van der Waals surface area contributed by atoms with Crippen LogP contribution in [0.25, 0.3) is 0 Å². The average molecular weight is 225 g/mol. The van der Waals surface area contributed by atoms with Crippen LogP contribution in [0.15, 0.2) is 22.6 Å². The second-order valence-corrected chi connectivity index (χ2v) is 3.26. The zero-order valence-corrected chi connectivity index (χ0v) is 8.50. The average Bonchev–Trinajstić information content (AvgIpc) is 2.60. The molecule has 1 N–H and O–H groups in total. The number of rotatable bonds is 3. The lowest BCUT2D eigenvalue weighted by Crippen LogP contribution is -2.00. The minimum atomic E-state index is -0.612. The Labute approximate surface area is 90.3 Å². The smallest absolute Gasteiger partial charge is 0.315 e. The highest BCUT2D eigenvalue weighted by Gasteiger charge is 2.03. The van der Waals surface area contributed by atoms with Crippen LogP contribution in [-0.2, 0) is 6.54 Å². The predicted molar refractivity (Wildman–Crippen MR) is 52.7 cm³/mol. The van der Waals surface area contributed by atoms with E-state index in [9.17, 15) is 8.78 Å². The van der Waals surface area contributed by atoms with E-state index >= 15 is 0 Å². The van der Waals surface area contributed by atoms with Crippen LogP contribution in [0.2, 0.25) is 0 Å². The van der Waals surface area contributed by atoms with Crippen molar-refractivity contribution < 1.29 is 13.2 Å². The van der Waals surface area contributed by atoms with Crippen molar-refractivity contribution in [2.24, 2.45) is 0 Å². The quantitative estimate of drug-likeness (QED) is 0.870. The highest BCUT2D eigenvalue weighted by Crippen LogP contribution is 2.10. The van der Waals surface area contributed by atoms with Gasteiger partial charge in [0.1, 0.15) is 11.6 Å². The first-order valence-corrected chi connectivity index (χ1v) is 4.62. The van der Waals surface area contributed by atoms with E-state index in [2.05, 4.69) is 15.5 Å². The third kappa shape index (κ3) is 2.53. The lowest BCUT2D eigenvalue weighted by molar-refractivity contribution is 0.530. The maximum absolute atomic E-state index is 12.8. The Morgan fingerprint density at radius 2 is 1.88 bits per heavy atom. The fourth-order valence-corrected chi connectivity index (χ4v) is 1.26. The molecule has 0 bridgehead atoms. The number of aryl methyl sites for hydroxylation is 1. The van der Waals surface area contributed by atoms with Crippen molar-refractivity contribution in [3.8, 4) is 0 Å². The summed E-state index contributed by atoms with van der Waals surface area (Å²) in [6.45, 7) is 1.87. The van der Waals surface area contributed by atoms with Gasteiger partial charge in [-0.3, -0.25) is 0 Å². The van der Waals surface area contributed by atoms with E-state index < -0.39 is 11.6 Å². The fraction of sp³-hybridized carbons (Fsp3) is 0.200. The molecule has 0 saturated carbocycles. The normalized spacial score (nSPS) is 10.4. The molecule has 0 aliphatic carbocycles. The zero-order valence-electron chi connectivity index (χ0n) is 8.50. The molecule has 0 radical (unpaired) electrons. The van der Waals surface area contributed by atoms with Crippen molar-refractivity contribution in [2.45, 2.75) is 13.5 Å². The maximum Gasteiger partial charge on any atom is 0.315 e. The molecule has 1 aromatic heterocycles. The molecule has 0 amide bonds. The SMILES string of the molecule is Cc1nnc(NCc2cc(F)cc(F)c2)o1. The molecule has 1 aromatic carbocycles. The molecular formula is C10H9F2N3O. The molecule has 6 heteroatoms. The van der Waals surface area contributed by atoms with Gasteiger partial charge in [-0.05, 0) is 17.7 Å². The van der Waals surface area contributed by atoms with E-state index in [1.807, 2.05) is 0 Å². The fourth-order valence-electron chi connectivity index (χ4n) is 1.26. The van der Waals surface area contributed by atoms with Gasteiger partial charge < -0.3 is 9.73 Å². The van der Waals surface area contributed by atoms with Crippen LogP contribution in [0.4, 0.5) is 14.8 Å². The lowest BCUT2D eigenvalue weighted by Gasteiger charge is -2.02. The zero-order chi connectivity index (χ0) is 11.5. The second-order valence-electron chi connectivity index (χ2n) is 3.26. The van der Waals surface area contributed by atoms with E-state index in [4.69, 9.17) is 4.42 Å². The highest BCUT2D eigenvalue weighted by molar-refractivity contribution is 5.24. The van der Waals surface area contributed by atoms with Crippen molar-refractivity contribution in [2.75, 3.05) is 5.32 Å². The van der Waals surface area contributed by atoms with Gasteiger partial charge in [0.25, 0.3) is 0 Å². The number of aromatic nitrogens is 2. The van der Waals surface area contributed by atoms with Crippen LogP contribution in [0.1, 0.15) is 11.5 Å². The standard InChI is InChI=1S/C10H9F2N3O/c1-6-14-15-10(16-6)13-5-7-2-8(11)4-9(12)3-7/h2-4H,5H2,1H3,(H,13,15). The van der Waals surface area contributed by atoms with E-state index in [1.54, 1.807) is 6.92 Å². The molecule has 16 heavy (non-hydrogen) atoms. The monoisotopic (exact) mass is 225 g/mol. The van der Waals surface area contributed by atoms with Gasteiger partial charge in [-0.15, -0.1) is 5.10 Å². The minimum absolute atomic E-state index is 0.219. The Morgan fingerprint density at radius 1 is 1.19 bits per heavy atom. The molecule has 0 spiro atoms. The number of halogens is 2. The third-order valence-electron chi connectivity index (χ3n) is 1.89. The topological polar surface area (TPSA) is 51.0 Å². The molecule has 4 nitrogen and oxygen atoms in total. The molecule has 84 valence electrons. The molecule has 0 aliphatic heterocycles. The molecule has 1 heterocycles. The number of nitrogens with zero attached hydrogens (tertiary/aromatic N) is 2. The summed E-state index contributed by atoms with van der Waals surface area (Å²) in [5, 5.41) is 10.1. The second kappa shape index (κ2) is 4.26. The van der Waals surface area contributed by atoms with E-state index in [0.717, 1.165) is 6.07 Å². The summed E-state index contributed by atoms with van der Waals surface area (Å²) in [6.07, 6.45) is 0. The van der Waals surface area contributed by atoms with Crippen molar-refractivity contribution in [1.29, 1.82) is 0 Å². The minimum Gasteiger partial charge on any atom is -0.408 e. The molecular weight excluding hydrogens is 216 g/mol. The number of anilines is 1. The first-order valence-electron chi connectivity index (χ1n) is 4.62. The van der Waals surface area contributed by atoms with Crippen molar-refractivity contribution in [1.82, 2.24) is 10.2 Å². The molecule has 0 saturated heterocycles. The first-order chi connectivity index (χ1) is 7.63. The summed E-state index contributed by atoms with van der Waals surface area (Å²) in [5.41, 5.74) is 0.466. The van der Waals surface area contributed by atoms with Crippen molar-refractivity contribution >= 4 is 6.01 Å². The van der Waals surface area contributed by atoms with Gasteiger partial charge in [0.15, 0.2) is 0 Å². The van der Waals surface area contributed by atoms with Gasteiger partial charge >= 0.3 is 6.01 Å². The third-order valence-corrected chi connectivity index (χ3v) is 1.89. The Bertz CT molecular complexity index is 478. The van der Waals surface area contributed by atoms with Crippen LogP contribution in [0.5, 0.6) is 0 Å². The van der Waals surface area contributed by atoms with E-state index in [-0.39, 0.29) is 12.6 Å². The van der Waals surface area contributed by atoms with Gasteiger partial charge in [-0.25, -0.2) is 8.78 Å². The summed E-state index contributed by atoms with van der Waals surface area (Å²) in [4.78, 5) is 0. The summed E-state index contributed by atoms with van der Waals surface area (Å²) < 4.78 is 30.7. The Hall–Kier alpha value is -1.98. The van der Waals surface area contributed by atoms with Gasteiger partial charge in [-0.1, -0.05) is 5.10 Å². The van der Waals surface area contributed by atoms with Crippen LogP contribution >= 0.6 is 0 Å². The van der Waals surface area contributed by atoms with Crippen LogP contribution < -0.4 is 5.32 Å². The van der Waals surface area contributed by atoms with Crippen LogP contribution in [0, 0.1) is 18.6 Å². The first kappa shape index (κ1) is 10.5. The molecule has 2 rings (SSSR count). The number of hydrogen-bond donors (Lipinski definition) is 1. The largest absolute Gasteiger partial charge is 0.408 e. The molecule has 0 fully saturated rings. The van der Waals surface area contributed by atoms with Gasteiger partial charge in [0, 0.05) is 19.5 Å². The summed E-state index contributed by atoms with van der Waals surface area (Å²) in [7, 11) is 0. The number of nitrogens with one attached hydrogen (secondary N) is 1. The molecule has 0 atom stereocenters. The summed E-state index contributed by atoms with van der Waals surface area (Å²) in [5.74, 6) is -0.801. The van der Waals surface area contributed by atoms with Gasteiger partial charge in [0.2, 0.25) is 5.89 Å². The highest BCUT2D eigenvalue weighted by atomic mass is 19.1. The van der Waals surface area contributed by atoms with E-state index in [0.29, 0.717) is 11.5 Å². The van der Waals surface area contributed by atoms with Crippen LogP contribution in [-0.4, -0.2) is 10.2 Å². The number of benzene rings is 1. The van der Waals surface area contributed by atoms with Crippen molar-refractivity contribution in [3.63, 3.8) is 0 Å². The Balaban J connectivity index is 2.04. The van der Waals surface area contributed by atoms with E-state index in [1.165, 1.54) is 12.1 Å².